The van der Waals surface area contributed by atoms with Crippen molar-refractivity contribution in [2.45, 2.75) is 39.5 Å². The van der Waals surface area contributed by atoms with E-state index in [2.05, 4.69) is 34.1 Å². The van der Waals surface area contributed by atoms with E-state index in [9.17, 15) is 0 Å². The first kappa shape index (κ1) is 16.9. The molecule has 0 spiro atoms. The zero-order chi connectivity index (χ0) is 18.1. The fourth-order valence-corrected chi connectivity index (χ4v) is 3.44. The predicted molar refractivity (Wildman–Crippen MR) is 95.3 cm³/mol. The fourth-order valence-electron chi connectivity index (χ4n) is 3.44. The summed E-state index contributed by atoms with van der Waals surface area (Å²) in [5, 5.41) is 12.6. The van der Waals surface area contributed by atoms with Gasteiger partial charge in [-0.25, -0.2) is 0 Å². The molecule has 0 N–H and O–H groups in total. The van der Waals surface area contributed by atoms with Gasteiger partial charge in [0, 0.05) is 18.7 Å². The Balaban J connectivity index is 1.58. The average molecular weight is 354 g/mol. The SMILES string of the molecule is Cc1onc(-c2ccccc2)c1-c1nnc(CN2C[C@H](C)O[C@@H](C)C2)o1. The van der Waals surface area contributed by atoms with Crippen LogP contribution < -0.4 is 0 Å². The Bertz CT molecular complexity index is 864. The molecule has 1 aromatic carbocycles. The minimum atomic E-state index is 0.200. The molecule has 0 amide bonds. The lowest BCUT2D eigenvalue weighted by molar-refractivity contribution is -0.0721. The first-order valence-corrected chi connectivity index (χ1v) is 8.82. The van der Waals surface area contributed by atoms with E-state index in [-0.39, 0.29) is 12.2 Å². The highest BCUT2D eigenvalue weighted by Gasteiger charge is 2.25. The van der Waals surface area contributed by atoms with Crippen LogP contribution in [0.3, 0.4) is 0 Å². The zero-order valence-corrected chi connectivity index (χ0v) is 15.2. The lowest BCUT2D eigenvalue weighted by Gasteiger charge is -2.34. The summed E-state index contributed by atoms with van der Waals surface area (Å²) in [7, 11) is 0. The molecule has 1 aliphatic heterocycles. The van der Waals surface area contributed by atoms with Gasteiger partial charge in [-0.05, 0) is 20.8 Å². The summed E-state index contributed by atoms with van der Waals surface area (Å²) in [4.78, 5) is 2.27. The molecule has 2 aromatic heterocycles. The highest BCUT2D eigenvalue weighted by atomic mass is 16.5. The van der Waals surface area contributed by atoms with Gasteiger partial charge in [0.25, 0.3) is 5.89 Å². The highest BCUT2D eigenvalue weighted by Crippen LogP contribution is 2.33. The van der Waals surface area contributed by atoms with Crippen LogP contribution in [0.15, 0.2) is 39.3 Å². The van der Waals surface area contributed by atoms with E-state index in [4.69, 9.17) is 13.7 Å². The van der Waals surface area contributed by atoms with Crippen molar-refractivity contribution in [2.24, 2.45) is 0 Å². The van der Waals surface area contributed by atoms with Gasteiger partial charge in [-0.3, -0.25) is 4.90 Å². The van der Waals surface area contributed by atoms with E-state index in [1.807, 2.05) is 37.3 Å². The molecule has 26 heavy (non-hydrogen) atoms. The first-order chi connectivity index (χ1) is 12.6. The van der Waals surface area contributed by atoms with Gasteiger partial charge in [0.1, 0.15) is 17.0 Å². The van der Waals surface area contributed by atoms with Crippen molar-refractivity contribution in [1.82, 2.24) is 20.3 Å². The molecule has 0 unspecified atom stereocenters. The molecule has 4 rings (SSSR count). The van der Waals surface area contributed by atoms with Gasteiger partial charge in [-0.15, -0.1) is 10.2 Å². The molecular weight excluding hydrogens is 332 g/mol. The van der Waals surface area contributed by atoms with Crippen LogP contribution in [0.4, 0.5) is 0 Å². The fraction of sp³-hybridized carbons (Fsp3) is 0.421. The Morgan fingerprint density at radius 2 is 1.81 bits per heavy atom. The summed E-state index contributed by atoms with van der Waals surface area (Å²) < 4.78 is 17.1. The van der Waals surface area contributed by atoms with Gasteiger partial charge in [0.15, 0.2) is 0 Å². The third-order valence-corrected chi connectivity index (χ3v) is 4.44. The maximum Gasteiger partial charge on any atom is 0.253 e. The number of rotatable bonds is 4. The monoisotopic (exact) mass is 354 g/mol. The topological polar surface area (TPSA) is 77.4 Å². The number of hydrogen-bond donors (Lipinski definition) is 0. The number of nitrogens with zero attached hydrogens (tertiary/aromatic N) is 4. The Labute approximate surface area is 152 Å². The quantitative estimate of drug-likeness (QED) is 0.711. The molecule has 3 aromatic rings. The normalized spacial score (nSPS) is 21.2. The van der Waals surface area contributed by atoms with Gasteiger partial charge in [0.05, 0.1) is 18.8 Å². The number of benzene rings is 1. The average Bonchev–Trinajstić information content (AvgIpc) is 3.21. The van der Waals surface area contributed by atoms with Crippen LogP contribution in [0.25, 0.3) is 22.7 Å². The largest absolute Gasteiger partial charge is 0.419 e. The minimum absolute atomic E-state index is 0.200. The van der Waals surface area contributed by atoms with Crippen molar-refractivity contribution in [3.63, 3.8) is 0 Å². The summed E-state index contributed by atoms with van der Waals surface area (Å²) in [6.45, 7) is 8.32. The summed E-state index contributed by atoms with van der Waals surface area (Å²) >= 11 is 0. The summed E-state index contributed by atoms with van der Waals surface area (Å²) in [5.41, 5.74) is 2.42. The van der Waals surface area contributed by atoms with E-state index in [0.29, 0.717) is 29.8 Å². The van der Waals surface area contributed by atoms with Crippen molar-refractivity contribution >= 4 is 0 Å². The lowest BCUT2D eigenvalue weighted by Crippen LogP contribution is -2.44. The van der Waals surface area contributed by atoms with Gasteiger partial charge >= 0.3 is 0 Å². The van der Waals surface area contributed by atoms with Crippen LogP contribution >= 0.6 is 0 Å². The Morgan fingerprint density at radius 1 is 1.08 bits per heavy atom. The molecule has 7 heteroatoms. The molecule has 0 bridgehead atoms. The first-order valence-electron chi connectivity index (χ1n) is 8.82. The minimum Gasteiger partial charge on any atom is -0.419 e. The molecular formula is C19H22N4O3. The van der Waals surface area contributed by atoms with Gasteiger partial charge in [-0.1, -0.05) is 35.5 Å². The van der Waals surface area contributed by atoms with Crippen LogP contribution in [-0.4, -0.2) is 45.6 Å². The van der Waals surface area contributed by atoms with Crippen molar-refractivity contribution in [2.75, 3.05) is 13.1 Å². The number of hydrogen-bond acceptors (Lipinski definition) is 7. The molecule has 7 nitrogen and oxygen atoms in total. The van der Waals surface area contributed by atoms with Gasteiger partial charge in [-0.2, -0.15) is 0 Å². The van der Waals surface area contributed by atoms with Gasteiger partial charge < -0.3 is 13.7 Å². The third-order valence-electron chi connectivity index (χ3n) is 4.44. The zero-order valence-electron chi connectivity index (χ0n) is 15.2. The summed E-state index contributed by atoms with van der Waals surface area (Å²) in [6, 6.07) is 9.85. The van der Waals surface area contributed by atoms with Crippen LogP contribution in [0.2, 0.25) is 0 Å². The van der Waals surface area contributed by atoms with Crippen LogP contribution in [-0.2, 0) is 11.3 Å². The van der Waals surface area contributed by atoms with E-state index < -0.39 is 0 Å². The lowest BCUT2D eigenvalue weighted by atomic mass is 10.1. The Kier molecular flexibility index (Phi) is 4.57. The van der Waals surface area contributed by atoms with E-state index in [0.717, 1.165) is 24.2 Å². The van der Waals surface area contributed by atoms with Gasteiger partial charge in [0.2, 0.25) is 5.89 Å². The molecule has 0 saturated carbocycles. The molecule has 3 heterocycles. The van der Waals surface area contributed by atoms with E-state index in [1.165, 1.54) is 0 Å². The maximum atomic E-state index is 5.94. The van der Waals surface area contributed by atoms with Crippen molar-refractivity contribution < 1.29 is 13.7 Å². The number of ether oxygens (including phenoxy) is 1. The van der Waals surface area contributed by atoms with E-state index in [1.54, 1.807) is 0 Å². The molecule has 1 aliphatic rings. The second-order valence-electron chi connectivity index (χ2n) is 6.78. The van der Waals surface area contributed by atoms with E-state index >= 15 is 0 Å². The smallest absolute Gasteiger partial charge is 0.253 e. The van der Waals surface area contributed by atoms with Crippen LogP contribution in [0, 0.1) is 6.92 Å². The Hall–Kier alpha value is -2.51. The predicted octanol–water partition coefficient (Wildman–Crippen LogP) is 3.31. The summed E-state index contributed by atoms with van der Waals surface area (Å²) in [5.74, 6) is 1.68. The third kappa shape index (κ3) is 3.40. The molecule has 2 atom stereocenters. The number of aromatic nitrogens is 3. The number of morpholine rings is 1. The molecule has 0 radical (unpaired) electrons. The van der Waals surface area contributed by atoms with Crippen LogP contribution in [0.5, 0.6) is 0 Å². The molecule has 1 fully saturated rings. The summed E-state index contributed by atoms with van der Waals surface area (Å²) in [6.07, 6.45) is 0.400. The molecule has 136 valence electrons. The maximum absolute atomic E-state index is 5.94. The van der Waals surface area contributed by atoms with Crippen LogP contribution in [0.1, 0.15) is 25.5 Å². The standard InChI is InChI=1S/C19H22N4O3/c1-12-9-23(10-13(2)24-12)11-16-20-21-19(25-16)17-14(3)26-22-18(17)15-7-5-4-6-8-15/h4-8,12-13H,9-11H2,1-3H3/t12-,13-/m0/s1. The van der Waals surface area contributed by atoms with Crippen molar-refractivity contribution in [3.05, 3.63) is 42.0 Å². The molecule has 0 aliphatic carbocycles. The second kappa shape index (κ2) is 7.01. The van der Waals surface area contributed by atoms with Crippen molar-refractivity contribution in [1.29, 1.82) is 0 Å². The Morgan fingerprint density at radius 3 is 2.54 bits per heavy atom. The highest BCUT2D eigenvalue weighted by molar-refractivity contribution is 5.77. The number of aryl methyl sites for hydroxylation is 1. The second-order valence-corrected chi connectivity index (χ2v) is 6.78. The molecule has 1 saturated heterocycles. The van der Waals surface area contributed by atoms with Crippen molar-refractivity contribution in [3.8, 4) is 22.7 Å².